The Kier molecular flexibility index (Phi) is 5.16. The molecule has 0 spiro atoms. The summed E-state index contributed by atoms with van der Waals surface area (Å²) in [7, 11) is 0. The van der Waals surface area contributed by atoms with Crippen molar-refractivity contribution in [1.29, 1.82) is 0 Å². The molecule has 1 saturated carbocycles. The molecule has 0 unspecified atom stereocenters. The zero-order valence-corrected chi connectivity index (χ0v) is 19.0. The van der Waals surface area contributed by atoms with Gasteiger partial charge in [-0.25, -0.2) is 9.50 Å². The van der Waals surface area contributed by atoms with Crippen molar-refractivity contribution in [2.75, 3.05) is 23.3 Å². The van der Waals surface area contributed by atoms with E-state index in [1.165, 1.54) is 18.4 Å². The van der Waals surface area contributed by atoms with Crippen LogP contribution in [0.3, 0.4) is 0 Å². The van der Waals surface area contributed by atoms with Gasteiger partial charge in [-0.05, 0) is 55.4 Å². The zero-order valence-electron chi connectivity index (χ0n) is 19.0. The number of amides is 1. The highest BCUT2D eigenvalue weighted by molar-refractivity contribution is 5.96. The average molecular weight is 434 g/mol. The van der Waals surface area contributed by atoms with Gasteiger partial charge in [0.25, 0.3) is 0 Å². The molecular formula is C25H31N5O2. The average Bonchev–Trinajstić information content (AvgIpc) is 3.51. The van der Waals surface area contributed by atoms with E-state index in [9.17, 15) is 9.90 Å². The number of nitrogens with zero attached hydrogens (tertiary/aromatic N) is 4. The van der Waals surface area contributed by atoms with Crippen LogP contribution < -0.4 is 10.2 Å². The van der Waals surface area contributed by atoms with Crippen LogP contribution in [0.5, 0.6) is 0 Å². The third kappa shape index (κ3) is 4.21. The standard InChI is InChI=1S/C25H31N5O2/c1-25(2,3)24(32)27-20-14-17(6-7-19(20)16-4-5-16)21-15-30-22(26-21)8-9-23(28-30)29-12-10-18(31)11-13-29/h6-9,14-16,18,31H,4-5,10-13H2,1-3H3,(H,27,32). The van der Waals surface area contributed by atoms with E-state index in [2.05, 4.69) is 22.3 Å². The number of piperidine rings is 1. The van der Waals surface area contributed by atoms with Gasteiger partial charge in [-0.15, -0.1) is 5.10 Å². The molecule has 5 rings (SSSR count). The number of aromatic nitrogens is 3. The lowest BCUT2D eigenvalue weighted by molar-refractivity contribution is -0.123. The number of aliphatic hydroxyl groups is 1. The minimum atomic E-state index is -0.454. The Balaban J connectivity index is 1.45. The van der Waals surface area contributed by atoms with Crippen LogP contribution in [0.25, 0.3) is 16.9 Å². The van der Waals surface area contributed by atoms with E-state index < -0.39 is 5.41 Å². The van der Waals surface area contributed by atoms with Gasteiger partial charge >= 0.3 is 0 Å². The smallest absolute Gasteiger partial charge is 0.229 e. The van der Waals surface area contributed by atoms with Crippen molar-refractivity contribution in [3.05, 3.63) is 42.1 Å². The van der Waals surface area contributed by atoms with Gasteiger partial charge in [0, 0.05) is 29.8 Å². The van der Waals surface area contributed by atoms with Gasteiger partial charge in [-0.2, -0.15) is 0 Å². The van der Waals surface area contributed by atoms with Crippen LogP contribution in [0.1, 0.15) is 57.9 Å². The molecule has 7 nitrogen and oxygen atoms in total. The number of carbonyl (C=O) groups excluding carboxylic acids is 1. The van der Waals surface area contributed by atoms with E-state index >= 15 is 0 Å². The van der Waals surface area contributed by atoms with Crippen LogP contribution in [0.2, 0.25) is 0 Å². The minimum absolute atomic E-state index is 0.0181. The molecule has 7 heteroatoms. The maximum atomic E-state index is 12.7. The Bertz CT molecular complexity index is 1150. The molecule has 2 aliphatic rings. The number of hydrogen-bond acceptors (Lipinski definition) is 5. The highest BCUT2D eigenvalue weighted by atomic mass is 16.3. The Morgan fingerprint density at radius 1 is 1.09 bits per heavy atom. The van der Waals surface area contributed by atoms with E-state index in [1.807, 2.05) is 49.7 Å². The lowest BCUT2D eigenvalue weighted by Crippen LogP contribution is -2.36. The number of fused-ring (bicyclic) bond motifs is 1. The van der Waals surface area contributed by atoms with Crippen LogP contribution in [0, 0.1) is 5.41 Å². The van der Waals surface area contributed by atoms with Crippen molar-refractivity contribution in [2.45, 2.75) is 58.5 Å². The Labute approximate surface area is 188 Å². The molecule has 1 amide bonds. The number of imidazole rings is 1. The molecule has 2 N–H and O–H groups in total. The van der Waals surface area contributed by atoms with Gasteiger partial charge in [-0.3, -0.25) is 4.79 Å². The van der Waals surface area contributed by atoms with E-state index in [1.54, 1.807) is 0 Å². The van der Waals surface area contributed by atoms with Gasteiger partial charge in [0.1, 0.15) is 5.82 Å². The van der Waals surface area contributed by atoms with E-state index in [0.29, 0.717) is 5.92 Å². The predicted octanol–water partition coefficient (Wildman–Crippen LogP) is 4.22. The monoisotopic (exact) mass is 433 g/mol. The summed E-state index contributed by atoms with van der Waals surface area (Å²) in [5.74, 6) is 1.45. The maximum Gasteiger partial charge on any atom is 0.229 e. The highest BCUT2D eigenvalue weighted by Crippen LogP contribution is 2.44. The Morgan fingerprint density at radius 2 is 1.84 bits per heavy atom. The molecule has 0 atom stereocenters. The first-order chi connectivity index (χ1) is 15.3. The van der Waals surface area contributed by atoms with Crippen molar-refractivity contribution in [1.82, 2.24) is 14.6 Å². The summed E-state index contributed by atoms with van der Waals surface area (Å²) in [6.07, 6.45) is 5.62. The fourth-order valence-electron chi connectivity index (χ4n) is 4.16. The maximum absolute atomic E-state index is 12.7. The number of carbonyl (C=O) groups is 1. The molecule has 1 aliphatic carbocycles. The molecular weight excluding hydrogens is 402 g/mol. The largest absolute Gasteiger partial charge is 0.393 e. The predicted molar refractivity (Wildman–Crippen MR) is 126 cm³/mol. The minimum Gasteiger partial charge on any atom is -0.393 e. The summed E-state index contributed by atoms with van der Waals surface area (Å²) < 4.78 is 1.82. The van der Waals surface area contributed by atoms with Crippen LogP contribution >= 0.6 is 0 Å². The fraction of sp³-hybridized carbons (Fsp3) is 0.480. The highest BCUT2D eigenvalue weighted by Gasteiger charge is 2.29. The quantitative estimate of drug-likeness (QED) is 0.644. The number of hydrogen-bond donors (Lipinski definition) is 2. The lowest BCUT2D eigenvalue weighted by atomic mass is 9.95. The Hall–Kier alpha value is -2.93. The van der Waals surface area contributed by atoms with Crippen LogP contribution in [-0.4, -0.2) is 44.8 Å². The normalized spacial score (nSPS) is 17.7. The van der Waals surface area contributed by atoms with Crippen molar-refractivity contribution in [3.8, 4) is 11.3 Å². The van der Waals surface area contributed by atoms with Gasteiger partial charge in [-0.1, -0.05) is 32.9 Å². The first-order valence-corrected chi connectivity index (χ1v) is 11.5. The molecule has 1 aromatic carbocycles. The molecule has 168 valence electrons. The first kappa shape index (κ1) is 20.9. The second-order valence-electron chi connectivity index (χ2n) is 10.1. The number of anilines is 2. The summed E-state index contributed by atoms with van der Waals surface area (Å²) in [6, 6.07) is 10.3. The van der Waals surface area contributed by atoms with Crippen LogP contribution in [-0.2, 0) is 4.79 Å². The molecule has 3 aromatic rings. The third-order valence-electron chi connectivity index (χ3n) is 6.39. The molecule has 0 radical (unpaired) electrons. The summed E-state index contributed by atoms with van der Waals surface area (Å²) >= 11 is 0. The molecule has 1 aliphatic heterocycles. The van der Waals surface area contributed by atoms with Gasteiger partial charge in [0.05, 0.1) is 18.0 Å². The van der Waals surface area contributed by atoms with E-state index in [4.69, 9.17) is 10.1 Å². The molecule has 1 saturated heterocycles. The summed E-state index contributed by atoms with van der Waals surface area (Å²) in [4.78, 5) is 19.6. The van der Waals surface area contributed by atoms with Crippen molar-refractivity contribution >= 4 is 23.1 Å². The SMILES string of the molecule is CC(C)(C)C(=O)Nc1cc(-c2cn3nc(N4CCC(O)CC4)ccc3n2)ccc1C1CC1. The van der Waals surface area contributed by atoms with Crippen LogP contribution in [0.4, 0.5) is 11.5 Å². The number of benzene rings is 1. The molecule has 3 heterocycles. The fourth-order valence-corrected chi connectivity index (χ4v) is 4.16. The Morgan fingerprint density at radius 3 is 2.53 bits per heavy atom. The zero-order chi connectivity index (χ0) is 22.5. The third-order valence-corrected chi connectivity index (χ3v) is 6.39. The first-order valence-electron chi connectivity index (χ1n) is 11.5. The van der Waals surface area contributed by atoms with Gasteiger partial charge in [0.2, 0.25) is 5.91 Å². The van der Waals surface area contributed by atoms with Crippen molar-refractivity contribution < 1.29 is 9.90 Å². The van der Waals surface area contributed by atoms with Crippen molar-refractivity contribution in [2.24, 2.45) is 5.41 Å². The summed E-state index contributed by atoms with van der Waals surface area (Å²) in [5.41, 5.74) is 4.23. The molecule has 2 aromatic heterocycles. The van der Waals surface area contributed by atoms with Crippen LogP contribution in [0.15, 0.2) is 36.5 Å². The van der Waals surface area contributed by atoms with Gasteiger partial charge < -0.3 is 15.3 Å². The summed E-state index contributed by atoms with van der Waals surface area (Å²) in [6.45, 7) is 7.40. The number of nitrogens with one attached hydrogen (secondary N) is 1. The van der Waals surface area contributed by atoms with E-state index in [-0.39, 0.29) is 12.0 Å². The number of aliphatic hydroxyl groups excluding tert-OH is 1. The number of rotatable bonds is 4. The molecule has 0 bridgehead atoms. The van der Waals surface area contributed by atoms with E-state index in [0.717, 1.165) is 54.3 Å². The second-order valence-corrected chi connectivity index (χ2v) is 10.1. The van der Waals surface area contributed by atoms with Crippen molar-refractivity contribution in [3.63, 3.8) is 0 Å². The topological polar surface area (TPSA) is 82.8 Å². The molecule has 32 heavy (non-hydrogen) atoms. The summed E-state index contributed by atoms with van der Waals surface area (Å²) in [5, 5.41) is 17.7. The molecule has 2 fully saturated rings. The second kappa shape index (κ2) is 7.89. The lowest BCUT2D eigenvalue weighted by Gasteiger charge is -2.30. The van der Waals surface area contributed by atoms with Gasteiger partial charge in [0.15, 0.2) is 5.65 Å².